The Bertz CT molecular complexity index is 368. The van der Waals surface area contributed by atoms with Gasteiger partial charge in [-0.2, -0.15) is 0 Å². The summed E-state index contributed by atoms with van der Waals surface area (Å²) < 4.78 is 24.5. The van der Waals surface area contributed by atoms with E-state index in [9.17, 15) is 9.59 Å². The largest absolute Gasteiger partial charge is 0.477 e. The molecule has 1 aliphatic heterocycles. The molecule has 1 heterocycles. The van der Waals surface area contributed by atoms with E-state index < -0.39 is 34.7 Å². The number of hydrogen-bond acceptors (Lipinski definition) is 6. The van der Waals surface area contributed by atoms with Crippen molar-refractivity contribution in [2.75, 3.05) is 0 Å². The highest BCUT2D eigenvalue weighted by Gasteiger charge is 2.57. The molecule has 0 atom stereocenters. The van der Waals surface area contributed by atoms with E-state index in [2.05, 4.69) is 13.8 Å². The minimum atomic E-state index is -3.36. The molecule has 1 rings (SSSR count). The highest BCUT2D eigenvalue weighted by Crippen LogP contribution is 2.34. The van der Waals surface area contributed by atoms with Gasteiger partial charge in [0, 0.05) is 13.1 Å². The van der Waals surface area contributed by atoms with Crippen LogP contribution in [0.15, 0.2) is 0 Å². The highest BCUT2D eigenvalue weighted by atomic mass is 28.5. The zero-order chi connectivity index (χ0) is 19.9. The number of rotatable bonds is 10. The first-order valence-corrected chi connectivity index (χ1v) is 19.8. The summed E-state index contributed by atoms with van der Waals surface area (Å²) in [5, 5.41) is 0. The molecule has 156 valence electrons. The van der Waals surface area contributed by atoms with Crippen molar-refractivity contribution in [1.82, 2.24) is 0 Å². The first-order chi connectivity index (χ1) is 11.9. The quantitative estimate of drug-likeness (QED) is 0.385. The molecule has 0 amide bonds. The third-order valence-electron chi connectivity index (χ3n) is 4.59. The van der Waals surface area contributed by atoms with Gasteiger partial charge in [-0.05, 0) is 25.2 Å². The molecule has 1 saturated heterocycles. The average molecular weight is 441 g/mol. The SMILES string of the molecule is CCCCCC[Si]1(C)O[Si](C)(O)O[Si](C)(CCCCCC)O[Si](C)(O)O1. The van der Waals surface area contributed by atoms with E-state index in [1.54, 1.807) is 13.1 Å². The summed E-state index contributed by atoms with van der Waals surface area (Å²) in [4.78, 5) is 21.7. The summed E-state index contributed by atoms with van der Waals surface area (Å²) in [6.45, 7) is 11.5. The summed E-state index contributed by atoms with van der Waals surface area (Å²) in [6, 6.07) is 1.47. The zero-order valence-corrected chi connectivity index (χ0v) is 21.6. The Balaban J connectivity index is 2.82. The average Bonchev–Trinajstić information content (AvgIpc) is 2.44. The van der Waals surface area contributed by atoms with E-state index >= 15 is 0 Å². The monoisotopic (exact) mass is 440 g/mol. The molecule has 0 saturated carbocycles. The molecule has 0 spiro atoms. The molecule has 1 fully saturated rings. The molecular weight excluding hydrogens is 401 g/mol. The molecule has 0 bridgehead atoms. The second kappa shape index (κ2) is 10.4. The molecule has 10 heteroatoms. The fourth-order valence-corrected chi connectivity index (χ4v) is 22.0. The maximum Gasteiger partial charge on any atom is 0.477 e. The molecule has 0 aromatic carbocycles. The Morgan fingerprint density at radius 2 is 0.846 bits per heavy atom. The van der Waals surface area contributed by atoms with Gasteiger partial charge in [-0.1, -0.05) is 65.2 Å². The standard InChI is InChI=1S/C16H40O6Si4/c1-7-9-11-13-15-23(3)19-25(5,17)21-24(4,16-14-12-10-8-2)22-26(6,18)20-23/h17-18H,7-16H2,1-6H3. The van der Waals surface area contributed by atoms with Gasteiger partial charge in [0.1, 0.15) is 0 Å². The Kier molecular flexibility index (Phi) is 9.88. The molecule has 0 aromatic heterocycles. The lowest BCUT2D eigenvalue weighted by Crippen LogP contribution is -2.67. The molecular formula is C16H40O6Si4. The molecule has 2 N–H and O–H groups in total. The van der Waals surface area contributed by atoms with E-state index in [0.717, 1.165) is 50.6 Å². The van der Waals surface area contributed by atoms with Gasteiger partial charge in [0.25, 0.3) is 0 Å². The van der Waals surface area contributed by atoms with Crippen LogP contribution in [0.3, 0.4) is 0 Å². The highest BCUT2D eigenvalue weighted by molar-refractivity contribution is 6.90. The number of unbranched alkanes of at least 4 members (excludes halogenated alkanes) is 6. The van der Waals surface area contributed by atoms with Crippen molar-refractivity contribution in [2.45, 2.75) is 103 Å². The molecule has 0 aliphatic carbocycles. The van der Waals surface area contributed by atoms with Crippen molar-refractivity contribution < 1.29 is 26.1 Å². The van der Waals surface area contributed by atoms with Gasteiger partial charge >= 0.3 is 34.7 Å². The Morgan fingerprint density at radius 1 is 0.538 bits per heavy atom. The van der Waals surface area contributed by atoms with Gasteiger partial charge in [-0.15, -0.1) is 0 Å². The van der Waals surface area contributed by atoms with Gasteiger partial charge in [0.2, 0.25) is 0 Å². The smallest absolute Gasteiger partial charge is 0.394 e. The second-order valence-electron chi connectivity index (χ2n) is 8.09. The predicted molar refractivity (Wildman–Crippen MR) is 113 cm³/mol. The van der Waals surface area contributed by atoms with Crippen molar-refractivity contribution >= 4 is 34.7 Å². The summed E-state index contributed by atoms with van der Waals surface area (Å²) in [6.07, 6.45) is 8.80. The molecule has 26 heavy (non-hydrogen) atoms. The Morgan fingerprint density at radius 3 is 1.12 bits per heavy atom. The summed E-state index contributed by atoms with van der Waals surface area (Å²) in [5.41, 5.74) is 0. The lowest BCUT2D eigenvalue weighted by molar-refractivity contribution is 0.137. The Hall–Kier alpha value is 0.628. The minimum Gasteiger partial charge on any atom is -0.394 e. The first kappa shape index (κ1) is 24.7. The lowest BCUT2D eigenvalue weighted by atomic mass is 10.2. The van der Waals surface area contributed by atoms with E-state index in [1.807, 2.05) is 13.1 Å². The third-order valence-corrected chi connectivity index (χ3v) is 20.1. The molecule has 0 radical (unpaired) electrons. The molecule has 0 aromatic rings. The first-order valence-electron chi connectivity index (χ1n) is 10.2. The summed E-state index contributed by atoms with van der Waals surface area (Å²) in [7, 11) is -12.2. The van der Waals surface area contributed by atoms with E-state index in [4.69, 9.17) is 16.5 Å². The van der Waals surface area contributed by atoms with Crippen LogP contribution in [0.5, 0.6) is 0 Å². The fourth-order valence-electron chi connectivity index (χ4n) is 3.64. The van der Waals surface area contributed by atoms with Gasteiger partial charge in [0.15, 0.2) is 0 Å². The van der Waals surface area contributed by atoms with Crippen molar-refractivity contribution in [2.24, 2.45) is 0 Å². The molecule has 6 nitrogen and oxygen atoms in total. The van der Waals surface area contributed by atoms with Crippen LogP contribution in [-0.4, -0.2) is 44.3 Å². The Labute approximate surface area is 164 Å². The van der Waals surface area contributed by atoms with E-state index in [-0.39, 0.29) is 0 Å². The fraction of sp³-hybridized carbons (Fsp3) is 1.00. The minimum absolute atomic E-state index is 0.737. The van der Waals surface area contributed by atoms with Crippen molar-refractivity contribution in [3.05, 3.63) is 0 Å². The van der Waals surface area contributed by atoms with Crippen LogP contribution in [0.4, 0.5) is 0 Å². The van der Waals surface area contributed by atoms with Gasteiger partial charge in [-0.25, -0.2) is 0 Å². The topological polar surface area (TPSA) is 77.4 Å². The maximum absolute atomic E-state index is 10.9. The van der Waals surface area contributed by atoms with Crippen molar-refractivity contribution in [3.8, 4) is 0 Å². The summed E-state index contributed by atoms with van der Waals surface area (Å²) >= 11 is 0. The molecule has 0 unspecified atom stereocenters. The van der Waals surface area contributed by atoms with Crippen LogP contribution in [0, 0.1) is 0 Å². The second-order valence-corrected chi connectivity index (χ2v) is 20.5. The van der Waals surface area contributed by atoms with Gasteiger partial charge < -0.3 is 26.1 Å². The predicted octanol–water partition coefficient (Wildman–Crippen LogP) is 4.49. The number of hydrogen-bond donors (Lipinski definition) is 2. The normalized spacial score (nSPS) is 38.8. The van der Waals surface area contributed by atoms with Crippen molar-refractivity contribution in [1.29, 1.82) is 0 Å². The van der Waals surface area contributed by atoms with E-state index in [0.29, 0.717) is 0 Å². The summed E-state index contributed by atoms with van der Waals surface area (Å²) in [5.74, 6) is 0. The third kappa shape index (κ3) is 9.21. The van der Waals surface area contributed by atoms with Crippen LogP contribution in [0.2, 0.25) is 38.3 Å². The van der Waals surface area contributed by atoms with Crippen LogP contribution >= 0.6 is 0 Å². The van der Waals surface area contributed by atoms with Gasteiger partial charge in [0.05, 0.1) is 0 Å². The zero-order valence-electron chi connectivity index (χ0n) is 17.6. The van der Waals surface area contributed by atoms with E-state index in [1.165, 1.54) is 12.8 Å². The van der Waals surface area contributed by atoms with Crippen molar-refractivity contribution in [3.63, 3.8) is 0 Å². The van der Waals surface area contributed by atoms with Crippen LogP contribution in [0.1, 0.15) is 65.2 Å². The van der Waals surface area contributed by atoms with Gasteiger partial charge in [-0.3, -0.25) is 0 Å². The van der Waals surface area contributed by atoms with Crippen LogP contribution in [0.25, 0.3) is 0 Å². The van der Waals surface area contributed by atoms with Crippen LogP contribution < -0.4 is 0 Å². The van der Waals surface area contributed by atoms with Crippen LogP contribution in [-0.2, 0) is 16.5 Å². The molecule has 1 aliphatic rings. The lowest BCUT2D eigenvalue weighted by Gasteiger charge is -2.45. The maximum atomic E-state index is 10.9.